The zero-order chi connectivity index (χ0) is 32.8. The van der Waals surface area contributed by atoms with Crippen molar-refractivity contribution in [3.05, 3.63) is 150 Å². The van der Waals surface area contributed by atoms with Gasteiger partial charge >= 0.3 is 5.97 Å². The molecular weight excluding hydrogens is 594 g/mol. The standard InChI is InChI=1S/C39H43NO5S/c1-29(2)37(38(42)43)40-36(41)27-35(45-28-30-22-24-34(44-3)25-23-30)21-13-14-26-46-39(31-15-7-4-8-16-31,32-17-9-5-10-18-32)33-19-11-6-12-20-33/h4-13,15-25,29,35,37H,14,26-28H2,1-3H3,(H,40,41)(H,42,43)/b21-13+/t35-,37+/m0/s1. The molecule has 0 unspecified atom stereocenters. The van der Waals surface area contributed by atoms with Gasteiger partial charge in [0.25, 0.3) is 0 Å². The summed E-state index contributed by atoms with van der Waals surface area (Å²) < 4.78 is 11.0. The van der Waals surface area contributed by atoms with Crippen LogP contribution in [0.2, 0.25) is 0 Å². The Labute approximate surface area is 276 Å². The molecule has 0 fully saturated rings. The third-order valence-electron chi connectivity index (χ3n) is 7.75. The number of hydrogen-bond donors (Lipinski definition) is 2. The highest BCUT2D eigenvalue weighted by atomic mass is 32.2. The average Bonchev–Trinajstić information content (AvgIpc) is 3.08. The van der Waals surface area contributed by atoms with Gasteiger partial charge < -0.3 is 19.9 Å². The van der Waals surface area contributed by atoms with E-state index in [0.29, 0.717) is 6.61 Å². The van der Waals surface area contributed by atoms with Crippen LogP contribution in [-0.2, 0) is 25.7 Å². The van der Waals surface area contributed by atoms with E-state index in [1.165, 1.54) is 16.7 Å². The molecule has 4 aromatic carbocycles. The van der Waals surface area contributed by atoms with Gasteiger partial charge in [0.2, 0.25) is 5.91 Å². The van der Waals surface area contributed by atoms with Gasteiger partial charge in [-0.2, -0.15) is 0 Å². The summed E-state index contributed by atoms with van der Waals surface area (Å²) >= 11 is 1.87. The maximum absolute atomic E-state index is 12.9. The van der Waals surface area contributed by atoms with Crippen LogP contribution in [-0.4, -0.2) is 42.0 Å². The van der Waals surface area contributed by atoms with E-state index < -0.39 is 22.9 Å². The summed E-state index contributed by atoms with van der Waals surface area (Å²) in [4.78, 5) is 24.6. The van der Waals surface area contributed by atoms with E-state index in [0.717, 1.165) is 23.5 Å². The number of carbonyl (C=O) groups excluding carboxylic acids is 1. The number of aliphatic carboxylic acids is 1. The highest BCUT2D eigenvalue weighted by Crippen LogP contribution is 2.48. The SMILES string of the molecule is COc1ccc(CO[C@@H](/C=C/CCSC(c2ccccc2)(c2ccccc2)c2ccccc2)CC(=O)N[C@@H](C(=O)O)C(C)C)cc1. The van der Waals surface area contributed by atoms with Gasteiger partial charge in [-0.1, -0.05) is 129 Å². The molecule has 46 heavy (non-hydrogen) atoms. The first kappa shape index (κ1) is 34.5. The molecule has 0 aliphatic carbocycles. The van der Waals surface area contributed by atoms with Crippen LogP contribution in [0.25, 0.3) is 0 Å². The maximum Gasteiger partial charge on any atom is 0.326 e. The van der Waals surface area contributed by atoms with E-state index in [2.05, 4.69) is 84.2 Å². The molecule has 4 rings (SSSR count). The lowest BCUT2D eigenvalue weighted by atomic mass is 9.84. The summed E-state index contributed by atoms with van der Waals surface area (Å²) in [5.74, 6) is -0.0996. The minimum atomic E-state index is -1.05. The van der Waals surface area contributed by atoms with Gasteiger partial charge in [-0.05, 0) is 52.5 Å². The lowest BCUT2D eigenvalue weighted by Crippen LogP contribution is -2.45. The van der Waals surface area contributed by atoms with E-state index in [9.17, 15) is 14.7 Å². The molecule has 0 saturated carbocycles. The Balaban J connectivity index is 1.52. The van der Waals surface area contributed by atoms with Gasteiger partial charge in [0.1, 0.15) is 11.8 Å². The van der Waals surface area contributed by atoms with Crippen LogP contribution in [0.5, 0.6) is 5.75 Å². The number of ether oxygens (including phenoxy) is 2. The zero-order valence-corrected chi connectivity index (χ0v) is 27.5. The van der Waals surface area contributed by atoms with E-state index in [1.54, 1.807) is 21.0 Å². The lowest BCUT2D eigenvalue weighted by molar-refractivity contribution is -0.143. The first-order chi connectivity index (χ1) is 22.3. The fourth-order valence-electron chi connectivity index (χ4n) is 5.33. The Morgan fingerprint density at radius 2 is 1.35 bits per heavy atom. The lowest BCUT2D eigenvalue weighted by Gasteiger charge is -2.35. The number of amides is 1. The fraction of sp³-hybridized carbons (Fsp3) is 0.282. The van der Waals surface area contributed by atoms with Crippen LogP contribution in [0.1, 0.15) is 48.9 Å². The molecule has 240 valence electrons. The second-order valence-electron chi connectivity index (χ2n) is 11.4. The molecule has 0 spiro atoms. The number of nitrogens with one attached hydrogen (secondary N) is 1. The van der Waals surface area contributed by atoms with Gasteiger partial charge in [-0.3, -0.25) is 4.79 Å². The van der Waals surface area contributed by atoms with Crippen molar-refractivity contribution in [1.29, 1.82) is 0 Å². The monoisotopic (exact) mass is 637 g/mol. The number of thioether (sulfide) groups is 1. The predicted octanol–water partition coefficient (Wildman–Crippen LogP) is 7.87. The zero-order valence-electron chi connectivity index (χ0n) is 26.7. The Morgan fingerprint density at radius 1 is 0.826 bits per heavy atom. The van der Waals surface area contributed by atoms with Crippen molar-refractivity contribution in [2.24, 2.45) is 5.92 Å². The Morgan fingerprint density at radius 3 is 1.80 bits per heavy atom. The van der Waals surface area contributed by atoms with E-state index in [1.807, 2.05) is 60.3 Å². The quantitative estimate of drug-likeness (QED) is 0.0697. The molecule has 0 aromatic heterocycles. The molecule has 2 atom stereocenters. The number of allylic oxidation sites excluding steroid dienone is 1. The van der Waals surface area contributed by atoms with E-state index >= 15 is 0 Å². The number of benzene rings is 4. The molecule has 0 radical (unpaired) electrons. The Hall–Kier alpha value is -4.33. The van der Waals surface area contributed by atoms with Crippen LogP contribution in [0.15, 0.2) is 127 Å². The van der Waals surface area contributed by atoms with Crippen LogP contribution in [0.4, 0.5) is 0 Å². The highest BCUT2D eigenvalue weighted by molar-refractivity contribution is 8.00. The molecule has 4 aromatic rings. The maximum atomic E-state index is 12.9. The number of methoxy groups -OCH3 is 1. The molecule has 0 saturated heterocycles. The number of carboxylic acids is 1. The molecular formula is C39H43NO5S. The van der Waals surface area contributed by atoms with Crippen LogP contribution in [0.3, 0.4) is 0 Å². The van der Waals surface area contributed by atoms with Gasteiger partial charge in [-0.15, -0.1) is 11.8 Å². The first-order valence-electron chi connectivity index (χ1n) is 15.6. The van der Waals surface area contributed by atoms with Crippen molar-refractivity contribution in [2.45, 2.75) is 50.2 Å². The van der Waals surface area contributed by atoms with Crippen molar-refractivity contribution < 1.29 is 24.2 Å². The summed E-state index contributed by atoms with van der Waals surface area (Å²) in [5, 5.41) is 12.2. The molecule has 1 amide bonds. The highest BCUT2D eigenvalue weighted by Gasteiger charge is 2.36. The summed E-state index contributed by atoms with van der Waals surface area (Å²) in [5.41, 5.74) is 4.56. The summed E-state index contributed by atoms with van der Waals surface area (Å²) in [6.07, 6.45) is 4.20. The van der Waals surface area contributed by atoms with Crippen molar-refractivity contribution in [1.82, 2.24) is 5.32 Å². The van der Waals surface area contributed by atoms with Gasteiger partial charge in [-0.25, -0.2) is 4.79 Å². The van der Waals surface area contributed by atoms with Crippen molar-refractivity contribution in [2.75, 3.05) is 12.9 Å². The first-order valence-corrected chi connectivity index (χ1v) is 16.6. The third-order valence-corrected chi connectivity index (χ3v) is 9.33. The van der Waals surface area contributed by atoms with Crippen LogP contribution in [0, 0.1) is 5.92 Å². The second-order valence-corrected chi connectivity index (χ2v) is 12.7. The van der Waals surface area contributed by atoms with E-state index in [-0.39, 0.29) is 18.2 Å². The molecule has 0 heterocycles. The molecule has 2 N–H and O–H groups in total. The largest absolute Gasteiger partial charge is 0.497 e. The van der Waals surface area contributed by atoms with Gasteiger partial charge in [0.05, 0.1) is 31.0 Å². The van der Waals surface area contributed by atoms with Gasteiger partial charge in [0.15, 0.2) is 0 Å². The summed E-state index contributed by atoms with van der Waals surface area (Å²) in [6, 6.07) is 38.4. The topological polar surface area (TPSA) is 84.9 Å². The molecule has 6 nitrogen and oxygen atoms in total. The second kappa shape index (κ2) is 17.4. The third kappa shape index (κ3) is 9.35. The number of carbonyl (C=O) groups is 2. The minimum absolute atomic E-state index is 0.0122. The van der Waals surface area contributed by atoms with Gasteiger partial charge in [0, 0.05) is 0 Å². The van der Waals surface area contributed by atoms with Crippen molar-refractivity contribution in [3.8, 4) is 5.75 Å². The minimum Gasteiger partial charge on any atom is -0.497 e. The molecule has 0 aliphatic rings. The Kier molecular flexibility index (Phi) is 13.1. The number of carboxylic acid groups (broad SMARTS) is 1. The smallest absolute Gasteiger partial charge is 0.326 e. The van der Waals surface area contributed by atoms with Crippen LogP contribution < -0.4 is 10.1 Å². The normalized spacial score (nSPS) is 13.0. The fourth-order valence-corrected chi connectivity index (χ4v) is 6.80. The van der Waals surface area contributed by atoms with Crippen molar-refractivity contribution >= 4 is 23.6 Å². The summed E-state index contributed by atoms with van der Waals surface area (Å²) in [6.45, 7) is 3.84. The molecule has 7 heteroatoms. The summed E-state index contributed by atoms with van der Waals surface area (Å²) in [7, 11) is 1.62. The Bertz CT molecular complexity index is 1430. The van der Waals surface area contributed by atoms with Crippen LogP contribution >= 0.6 is 11.8 Å². The molecule has 0 bridgehead atoms. The van der Waals surface area contributed by atoms with E-state index in [4.69, 9.17) is 9.47 Å². The van der Waals surface area contributed by atoms with Crippen molar-refractivity contribution in [3.63, 3.8) is 0 Å². The average molecular weight is 638 g/mol. The molecule has 0 aliphatic heterocycles. The predicted molar refractivity (Wildman–Crippen MR) is 186 cm³/mol. The number of rotatable bonds is 17. The number of hydrogen-bond acceptors (Lipinski definition) is 5.